The number of nitrogens with zero attached hydrogens (tertiary/aromatic N) is 2. The molecule has 2 heterocycles. The second-order valence-electron chi connectivity index (χ2n) is 5.12. The Bertz CT molecular complexity index is 487. The van der Waals surface area contributed by atoms with Crippen molar-refractivity contribution in [2.24, 2.45) is 5.92 Å². The number of carbonyl (C=O) groups is 2. The summed E-state index contributed by atoms with van der Waals surface area (Å²) in [7, 11) is 0. The number of amides is 2. The smallest absolute Gasteiger partial charge is 0.315 e. The van der Waals surface area contributed by atoms with Crippen LogP contribution in [0.2, 0.25) is 0 Å². The molecule has 1 N–H and O–H groups in total. The quantitative estimate of drug-likeness (QED) is 0.781. The zero-order valence-corrected chi connectivity index (χ0v) is 11.3. The van der Waals surface area contributed by atoms with Gasteiger partial charge in [-0.05, 0) is 37.8 Å². The first-order chi connectivity index (χ1) is 9.06. The molecule has 19 heavy (non-hydrogen) atoms. The maximum atomic E-state index is 12.0. The summed E-state index contributed by atoms with van der Waals surface area (Å²) in [6, 6.07) is 5.31. The number of rotatable bonds is 1. The molecule has 2 amide bonds. The number of carbonyl (C=O) groups excluding carboxylic acids is 2. The van der Waals surface area contributed by atoms with Crippen molar-refractivity contribution in [1.29, 1.82) is 0 Å². The number of nitrogens with one attached hydrogen (secondary N) is 1. The van der Waals surface area contributed by atoms with E-state index in [2.05, 4.69) is 17.2 Å². The minimum absolute atomic E-state index is 0.420. The molecule has 5 nitrogen and oxygen atoms in total. The fraction of sp³-hybridized carbons (Fsp3) is 0.500. The third-order valence-corrected chi connectivity index (χ3v) is 3.27. The summed E-state index contributed by atoms with van der Waals surface area (Å²) < 4.78 is 0. The fourth-order valence-electron chi connectivity index (χ4n) is 2.30. The summed E-state index contributed by atoms with van der Waals surface area (Å²) in [6.45, 7) is 5.26. The first kappa shape index (κ1) is 13.5. The topological polar surface area (TPSA) is 62.3 Å². The second-order valence-corrected chi connectivity index (χ2v) is 5.12. The number of piperidine rings is 1. The summed E-state index contributed by atoms with van der Waals surface area (Å²) in [5.41, 5.74) is 0.803. The Morgan fingerprint density at radius 2 is 2.21 bits per heavy atom. The molecule has 1 fully saturated rings. The van der Waals surface area contributed by atoms with Crippen LogP contribution in [0.4, 0.5) is 5.82 Å². The van der Waals surface area contributed by atoms with Gasteiger partial charge >= 0.3 is 11.8 Å². The molecular formula is C14H19N3O2. The Morgan fingerprint density at radius 1 is 1.42 bits per heavy atom. The molecule has 1 aromatic rings. The SMILES string of the molecule is Cc1cccc(NC(=O)C(=O)N2CCCC(C)C2)n1. The molecule has 2 rings (SSSR count). The van der Waals surface area contributed by atoms with Crippen molar-refractivity contribution in [2.45, 2.75) is 26.7 Å². The summed E-state index contributed by atoms with van der Waals surface area (Å²) in [5, 5.41) is 2.55. The molecule has 1 unspecified atom stereocenters. The van der Waals surface area contributed by atoms with Crippen molar-refractivity contribution >= 4 is 17.6 Å². The summed E-state index contributed by atoms with van der Waals surface area (Å²) >= 11 is 0. The molecule has 1 aliphatic rings. The van der Waals surface area contributed by atoms with E-state index in [1.165, 1.54) is 0 Å². The highest BCUT2D eigenvalue weighted by Crippen LogP contribution is 2.15. The number of pyridine rings is 1. The molecule has 1 aromatic heterocycles. The number of hydrogen-bond acceptors (Lipinski definition) is 3. The molecule has 1 atom stereocenters. The summed E-state index contributed by atoms with van der Waals surface area (Å²) in [4.78, 5) is 29.7. The van der Waals surface area contributed by atoms with Crippen molar-refractivity contribution in [1.82, 2.24) is 9.88 Å². The minimum Gasteiger partial charge on any atom is -0.334 e. The van der Waals surface area contributed by atoms with E-state index in [-0.39, 0.29) is 0 Å². The predicted molar refractivity (Wildman–Crippen MR) is 72.6 cm³/mol. The molecule has 5 heteroatoms. The van der Waals surface area contributed by atoms with Crippen molar-refractivity contribution in [3.8, 4) is 0 Å². The maximum Gasteiger partial charge on any atom is 0.315 e. The van der Waals surface area contributed by atoms with Crippen LogP contribution in [0.15, 0.2) is 18.2 Å². The van der Waals surface area contributed by atoms with Gasteiger partial charge in [0.2, 0.25) is 0 Å². The second kappa shape index (κ2) is 5.82. The Hall–Kier alpha value is -1.91. The van der Waals surface area contributed by atoms with E-state index in [1.54, 1.807) is 17.0 Å². The standard InChI is InChI=1S/C14H19N3O2/c1-10-5-4-8-17(9-10)14(19)13(18)16-12-7-3-6-11(2)15-12/h3,6-7,10H,4-5,8-9H2,1-2H3,(H,15,16,18). The number of aryl methyl sites for hydroxylation is 1. The molecule has 0 aromatic carbocycles. The molecule has 1 aliphatic heterocycles. The van der Waals surface area contributed by atoms with Gasteiger partial charge in [0.15, 0.2) is 0 Å². The largest absolute Gasteiger partial charge is 0.334 e. The van der Waals surface area contributed by atoms with Gasteiger partial charge in [-0.15, -0.1) is 0 Å². The zero-order valence-electron chi connectivity index (χ0n) is 11.3. The van der Waals surface area contributed by atoms with E-state index >= 15 is 0 Å². The molecular weight excluding hydrogens is 242 g/mol. The van der Waals surface area contributed by atoms with Crippen LogP contribution < -0.4 is 5.32 Å². The van der Waals surface area contributed by atoms with E-state index in [4.69, 9.17) is 0 Å². The average molecular weight is 261 g/mol. The fourth-order valence-corrected chi connectivity index (χ4v) is 2.30. The first-order valence-electron chi connectivity index (χ1n) is 6.60. The van der Waals surface area contributed by atoms with Crippen LogP contribution >= 0.6 is 0 Å². The van der Waals surface area contributed by atoms with Gasteiger partial charge in [-0.25, -0.2) is 4.98 Å². The van der Waals surface area contributed by atoms with Gasteiger partial charge in [0.1, 0.15) is 5.82 Å². The zero-order chi connectivity index (χ0) is 13.8. The lowest BCUT2D eigenvalue weighted by atomic mass is 10.0. The molecule has 0 spiro atoms. The van der Waals surface area contributed by atoms with Crippen LogP contribution in [-0.4, -0.2) is 34.8 Å². The molecule has 0 saturated carbocycles. The van der Waals surface area contributed by atoms with Gasteiger partial charge in [-0.1, -0.05) is 13.0 Å². The highest BCUT2D eigenvalue weighted by atomic mass is 16.2. The number of aromatic nitrogens is 1. The third kappa shape index (κ3) is 3.53. The van der Waals surface area contributed by atoms with Crippen LogP contribution in [0.1, 0.15) is 25.5 Å². The van der Waals surface area contributed by atoms with Gasteiger partial charge in [0, 0.05) is 18.8 Å². The third-order valence-electron chi connectivity index (χ3n) is 3.27. The summed E-state index contributed by atoms with van der Waals surface area (Å²) in [6.07, 6.45) is 2.08. The highest BCUT2D eigenvalue weighted by Gasteiger charge is 2.26. The monoisotopic (exact) mass is 261 g/mol. The van der Waals surface area contributed by atoms with Gasteiger partial charge < -0.3 is 10.2 Å². The Balaban J connectivity index is 1.97. The molecule has 102 valence electrons. The predicted octanol–water partition coefficient (Wildman–Crippen LogP) is 1.59. The van der Waals surface area contributed by atoms with E-state index in [9.17, 15) is 9.59 Å². The number of hydrogen-bond donors (Lipinski definition) is 1. The van der Waals surface area contributed by atoms with Crippen LogP contribution in [0.25, 0.3) is 0 Å². The highest BCUT2D eigenvalue weighted by molar-refractivity contribution is 6.39. The van der Waals surface area contributed by atoms with Crippen LogP contribution in [-0.2, 0) is 9.59 Å². The number of likely N-dealkylation sites (tertiary alicyclic amines) is 1. The molecule has 1 saturated heterocycles. The summed E-state index contributed by atoms with van der Waals surface area (Å²) in [5.74, 6) is -0.187. The molecule has 0 radical (unpaired) electrons. The Morgan fingerprint density at radius 3 is 2.89 bits per heavy atom. The first-order valence-corrected chi connectivity index (χ1v) is 6.60. The average Bonchev–Trinajstić information content (AvgIpc) is 2.38. The Kier molecular flexibility index (Phi) is 4.14. The van der Waals surface area contributed by atoms with Gasteiger partial charge in [0.05, 0.1) is 0 Å². The van der Waals surface area contributed by atoms with E-state index < -0.39 is 11.8 Å². The van der Waals surface area contributed by atoms with Gasteiger partial charge in [0.25, 0.3) is 0 Å². The van der Waals surface area contributed by atoms with Gasteiger partial charge in [-0.2, -0.15) is 0 Å². The lowest BCUT2D eigenvalue weighted by Crippen LogP contribution is -2.44. The van der Waals surface area contributed by atoms with Gasteiger partial charge in [-0.3, -0.25) is 9.59 Å². The normalized spacial score (nSPS) is 19.1. The lowest BCUT2D eigenvalue weighted by Gasteiger charge is -2.30. The van der Waals surface area contributed by atoms with E-state index in [1.807, 2.05) is 13.0 Å². The minimum atomic E-state index is -0.604. The van der Waals surface area contributed by atoms with Crippen LogP contribution in [0.3, 0.4) is 0 Å². The van der Waals surface area contributed by atoms with E-state index in [0.717, 1.165) is 18.5 Å². The molecule has 0 bridgehead atoms. The van der Waals surface area contributed by atoms with Crippen molar-refractivity contribution < 1.29 is 9.59 Å². The maximum absolute atomic E-state index is 12.0. The Labute approximate surface area is 113 Å². The van der Waals surface area contributed by atoms with Crippen molar-refractivity contribution in [3.63, 3.8) is 0 Å². The van der Waals surface area contributed by atoms with Crippen molar-refractivity contribution in [3.05, 3.63) is 23.9 Å². The van der Waals surface area contributed by atoms with E-state index in [0.29, 0.717) is 24.8 Å². The van der Waals surface area contributed by atoms with Crippen LogP contribution in [0.5, 0.6) is 0 Å². The van der Waals surface area contributed by atoms with Crippen molar-refractivity contribution in [2.75, 3.05) is 18.4 Å². The number of anilines is 1. The molecule has 0 aliphatic carbocycles. The lowest BCUT2D eigenvalue weighted by molar-refractivity contribution is -0.144. The van der Waals surface area contributed by atoms with Crippen LogP contribution in [0, 0.1) is 12.8 Å².